The Morgan fingerprint density at radius 1 is 1.59 bits per heavy atom. The van der Waals surface area contributed by atoms with Gasteiger partial charge in [-0.05, 0) is 19.5 Å². The highest BCUT2D eigenvalue weighted by molar-refractivity contribution is 6.30. The van der Waals surface area contributed by atoms with Crippen LogP contribution in [0, 0.1) is 10.1 Å². The smallest absolute Gasteiger partial charge is 0.274 e. The Morgan fingerprint density at radius 2 is 2.29 bits per heavy atom. The predicted molar refractivity (Wildman–Crippen MR) is 66.5 cm³/mol. The average Bonchev–Trinajstić information content (AvgIpc) is 2.30. The van der Waals surface area contributed by atoms with Crippen LogP contribution in [0.25, 0.3) is 0 Å². The number of nitro groups is 1. The molecule has 0 fully saturated rings. The quantitative estimate of drug-likeness (QED) is 0.626. The van der Waals surface area contributed by atoms with Gasteiger partial charge in [0.15, 0.2) is 0 Å². The molecule has 0 saturated carbocycles. The topological polar surface area (TPSA) is 64.4 Å². The van der Waals surface area contributed by atoms with Crippen molar-refractivity contribution in [2.24, 2.45) is 0 Å². The molecule has 1 N–H and O–H groups in total. The molecular formula is C11H15ClN2O3. The highest BCUT2D eigenvalue weighted by Gasteiger charge is 2.17. The van der Waals surface area contributed by atoms with Crippen LogP contribution in [0.15, 0.2) is 18.2 Å². The van der Waals surface area contributed by atoms with Crippen molar-refractivity contribution in [2.45, 2.75) is 12.5 Å². The Bertz CT molecular complexity index is 398. The minimum atomic E-state index is -0.416. The number of benzene rings is 1. The van der Waals surface area contributed by atoms with Gasteiger partial charge in [0.05, 0.1) is 11.5 Å². The van der Waals surface area contributed by atoms with Crippen LogP contribution in [0.3, 0.4) is 0 Å². The van der Waals surface area contributed by atoms with E-state index in [1.807, 2.05) is 0 Å². The van der Waals surface area contributed by atoms with E-state index >= 15 is 0 Å². The lowest BCUT2D eigenvalue weighted by Crippen LogP contribution is -2.32. The minimum absolute atomic E-state index is 0.0416. The van der Waals surface area contributed by atoms with E-state index in [0.29, 0.717) is 23.6 Å². The summed E-state index contributed by atoms with van der Waals surface area (Å²) >= 11 is 5.75. The largest absolute Gasteiger partial charge is 0.383 e. The van der Waals surface area contributed by atoms with Gasteiger partial charge in [0, 0.05) is 29.8 Å². The maximum Gasteiger partial charge on any atom is 0.274 e. The molecule has 0 spiro atoms. The lowest BCUT2D eigenvalue weighted by atomic mass is 10.0. The molecule has 0 aliphatic rings. The Hall–Kier alpha value is -1.17. The highest BCUT2D eigenvalue weighted by atomic mass is 35.5. The number of rotatable bonds is 6. The zero-order valence-corrected chi connectivity index (χ0v) is 10.5. The van der Waals surface area contributed by atoms with E-state index in [9.17, 15) is 10.1 Å². The molecule has 1 rings (SSSR count). The summed E-state index contributed by atoms with van der Waals surface area (Å²) in [6, 6.07) is 4.75. The maximum atomic E-state index is 10.9. The van der Waals surface area contributed by atoms with Crippen molar-refractivity contribution in [2.75, 3.05) is 20.8 Å². The molecule has 0 radical (unpaired) electrons. The number of nitro benzene ring substituents is 1. The molecule has 0 bridgehead atoms. The second-order valence-corrected chi connectivity index (χ2v) is 4.11. The summed E-state index contributed by atoms with van der Waals surface area (Å²) in [6.45, 7) is 0.496. The van der Waals surface area contributed by atoms with Crippen LogP contribution in [-0.2, 0) is 11.2 Å². The first-order valence-corrected chi connectivity index (χ1v) is 5.55. The van der Waals surface area contributed by atoms with Crippen LogP contribution in [0.4, 0.5) is 5.69 Å². The molecule has 0 aliphatic heterocycles. The molecule has 1 atom stereocenters. The fourth-order valence-electron chi connectivity index (χ4n) is 1.59. The third kappa shape index (κ3) is 3.96. The molecule has 0 saturated heterocycles. The van der Waals surface area contributed by atoms with Gasteiger partial charge in [0.1, 0.15) is 0 Å². The van der Waals surface area contributed by atoms with Crippen molar-refractivity contribution in [3.05, 3.63) is 38.9 Å². The fraction of sp³-hybridized carbons (Fsp3) is 0.455. The van der Waals surface area contributed by atoms with E-state index in [1.165, 1.54) is 6.07 Å². The van der Waals surface area contributed by atoms with Crippen molar-refractivity contribution < 1.29 is 9.66 Å². The van der Waals surface area contributed by atoms with Crippen LogP contribution < -0.4 is 5.32 Å². The van der Waals surface area contributed by atoms with Crippen LogP contribution in [0.1, 0.15) is 5.56 Å². The third-order valence-corrected chi connectivity index (χ3v) is 2.72. The third-order valence-electron chi connectivity index (χ3n) is 2.49. The molecule has 0 aromatic heterocycles. The van der Waals surface area contributed by atoms with Crippen LogP contribution in [0.5, 0.6) is 0 Å². The fourth-order valence-corrected chi connectivity index (χ4v) is 1.76. The molecular weight excluding hydrogens is 244 g/mol. The number of hydrogen-bond acceptors (Lipinski definition) is 4. The molecule has 0 aliphatic carbocycles. The van der Waals surface area contributed by atoms with E-state index in [0.717, 1.165) is 0 Å². The normalized spacial score (nSPS) is 12.4. The zero-order chi connectivity index (χ0) is 12.8. The van der Waals surface area contributed by atoms with Crippen LogP contribution >= 0.6 is 11.6 Å². The zero-order valence-electron chi connectivity index (χ0n) is 9.77. The second-order valence-electron chi connectivity index (χ2n) is 3.68. The monoisotopic (exact) mass is 258 g/mol. The molecule has 0 amide bonds. The van der Waals surface area contributed by atoms with E-state index in [-0.39, 0.29) is 11.7 Å². The molecule has 1 aromatic carbocycles. The van der Waals surface area contributed by atoms with Gasteiger partial charge >= 0.3 is 0 Å². The summed E-state index contributed by atoms with van der Waals surface area (Å²) in [5.74, 6) is 0. The summed E-state index contributed by atoms with van der Waals surface area (Å²) < 4.78 is 5.03. The first-order chi connectivity index (χ1) is 8.08. The maximum absolute atomic E-state index is 10.9. The number of hydrogen-bond donors (Lipinski definition) is 1. The molecule has 5 nitrogen and oxygen atoms in total. The standard InChI is InChI=1S/C11H15ClN2O3/c1-13-10(7-17-2)5-8-3-4-9(12)6-11(8)14(15)16/h3-4,6,10,13H,5,7H2,1-2H3. The second kappa shape index (κ2) is 6.54. The van der Waals surface area contributed by atoms with Gasteiger partial charge in [-0.2, -0.15) is 0 Å². The van der Waals surface area contributed by atoms with E-state index in [4.69, 9.17) is 16.3 Å². The molecule has 17 heavy (non-hydrogen) atoms. The molecule has 1 aromatic rings. The first-order valence-electron chi connectivity index (χ1n) is 5.17. The summed E-state index contributed by atoms with van der Waals surface area (Å²) in [5, 5.41) is 14.3. The number of nitrogens with zero attached hydrogens (tertiary/aromatic N) is 1. The van der Waals surface area contributed by atoms with Crippen molar-refractivity contribution in [3.8, 4) is 0 Å². The molecule has 0 heterocycles. The average molecular weight is 259 g/mol. The lowest BCUT2D eigenvalue weighted by molar-refractivity contribution is -0.385. The molecule has 94 valence electrons. The minimum Gasteiger partial charge on any atom is -0.383 e. The predicted octanol–water partition coefficient (Wildman–Crippen LogP) is 2.03. The van der Waals surface area contributed by atoms with E-state index in [2.05, 4.69) is 5.32 Å². The van der Waals surface area contributed by atoms with Crippen molar-refractivity contribution in [1.29, 1.82) is 0 Å². The van der Waals surface area contributed by atoms with Gasteiger partial charge in [-0.3, -0.25) is 10.1 Å². The Labute approximate surface area is 105 Å². The number of ether oxygens (including phenoxy) is 1. The number of halogens is 1. The molecule has 6 heteroatoms. The van der Waals surface area contributed by atoms with E-state index < -0.39 is 4.92 Å². The number of nitrogens with one attached hydrogen (secondary N) is 1. The van der Waals surface area contributed by atoms with Crippen LogP contribution in [-0.4, -0.2) is 31.7 Å². The van der Waals surface area contributed by atoms with Crippen molar-refractivity contribution in [3.63, 3.8) is 0 Å². The van der Waals surface area contributed by atoms with Gasteiger partial charge in [-0.25, -0.2) is 0 Å². The summed E-state index contributed by atoms with van der Waals surface area (Å²) in [4.78, 5) is 10.5. The Morgan fingerprint density at radius 3 is 2.82 bits per heavy atom. The van der Waals surface area contributed by atoms with Gasteiger partial charge in [0.2, 0.25) is 0 Å². The van der Waals surface area contributed by atoms with Gasteiger partial charge < -0.3 is 10.1 Å². The van der Waals surface area contributed by atoms with Crippen molar-refractivity contribution >= 4 is 17.3 Å². The summed E-state index contributed by atoms with van der Waals surface area (Å²) in [6.07, 6.45) is 0.526. The molecule has 1 unspecified atom stereocenters. The Balaban J connectivity index is 2.92. The SMILES string of the molecule is CNC(COC)Cc1ccc(Cl)cc1[N+](=O)[O-]. The highest BCUT2D eigenvalue weighted by Crippen LogP contribution is 2.24. The number of likely N-dealkylation sites (N-methyl/N-ethyl adjacent to an activating group) is 1. The first kappa shape index (κ1) is 13.9. The summed E-state index contributed by atoms with van der Waals surface area (Å²) in [7, 11) is 3.39. The van der Waals surface area contributed by atoms with Gasteiger partial charge in [-0.1, -0.05) is 17.7 Å². The lowest BCUT2D eigenvalue weighted by Gasteiger charge is -2.15. The van der Waals surface area contributed by atoms with Crippen LogP contribution in [0.2, 0.25) is 5.02 Å². The van der Waals surface area contributed by atoms with Gasteiger partial charge in [0.25, 0.3) is 5.69 Å². The van der Waals surface area contributed by atoms with Crippen molar-refractivity contribution in [1.82, 2.24) is 5.32 Å². The number of methoxy groups -OCH3 is 1. The van der Waals surface area contributed by atoms with E-state index in [1.54, 1.807) is 26.3 Å². The Kier molecular flexibility index (Phi) is 5.34. The van der Waals surface area contributed by atoms with Gasteiger partial charge in [-0.15, -0.1) is 0 Å². The summed E-state index contributed by atoms with van der Waals surface area (Å²) in [5.41, 5.74) is 0.699.